The molecule has 6 nitrogen and oxygen atoms in total. The maximum atomic E-state index is 11.0. The van der Waals surface area contributed by atoms with E-state index in [4.69, 9.17) is 9.84 Å². The molecule has 2 aromatic carbocycles. The Hall–Kier alpha value is -2.89. The van der Waals surface area contributed by atoms with Crippen LogP contribution in [0.15, 0.2) is 42.5 Å². The predicted octanol–water partition coefficient (Wildman–Crippen LogP) is 3.18. The molecule has 0 aliphatic rings. The van der Waals surface area contributed by atoms with Gasteiger partial charge in [0.05, 0.1) is 10.5 Å². The number of nitrogens with zero attached hydrogens (tertiary/aromatic N) is 1. The van der Waals surface area contributed by atoms with Crippen LogP contribution in [-0.4, -0.2) is 16.0 Å². The van der Waals surface area contributed by atoms with E-state index in [9.17, 15) is 14.9 Å². The van der Waals surface area contributed by atoms with Crippen LogP contribution in [-0.2, 0) is 6.61 Å². The Morgan fingerprint density at radius 2 is 2.00 bits per heavy atom. The van der Waals surface area contributed by atoms with Gasteiger partial charge in [-0.05, 0) is 30.2 Å². The van der Waals surface area contributed by atoms with Crippen molar-refractivity contribution in [2.45, 2.75) is 13.5 Å². The SMILES string of the molecule is Cc1ccccc1COc1ccc(C(=O)O)cc1[N+](=O)[O-]. The summed E-state index contributed by atoms with van der Waals surface area (Å²) in [6.07, 6.45) is 0. The van der Waals surface area contributed by atoms with Crippen molar-refractivity contribution >= 4 is 11.7 Å². The van der Waals surface area contributed by atoms with E-state index in [0.717, 1.165) is 17.2 Å². The van der Waals surface area contributed by atoms with Crippen LogP contribution in [0.2, 0.25) is 0 Å². The van der Waals surface area contributed by atoms with Gasteiger partial charge in [-0.25, -0.2) is 4.79 Å². The number of hydrogen-bond acceptors (Lipinski definition) is 4. The van der Waals surface area contributed by atoms with E-state index >= 15 is 0 Å². The molecule has 0 saturated carbocycles. The first-order chi connectivity index (χ1) is 9.99. The molecule has 0 aliphatic heterocycles. The molecular formula is C15H13NO5. The van der Waals surface area contributed by atoms with Gasteiger partial charge in [0.1, 0.15) is 6.61 Å². The average molecular weight is 287 g/mol. The number of aromatic carboxylic acids is 1. The highest BCUT2D eigenvalue weighted by molar-refractivity contribution is 5.88. The lowest BCUT2D eigenvalue weighted by Crippen LogP contribution is -2.03. The van der Waals surface area contributed by atoms with Crippen molar-refractivity contribution in [3.05, 3.63) is 69.3 Å². The zero-order valence-electron chi connectivity index (χ0n) is 11.3. The Morgan fingerprint density at radius 1 is 1.29 bits per heavy atom. The summed E-state index contributed by atoms with van der Waals surface area (Å²) < 4.78 is 5.47. The molecule has 2 rings (SSSR count). The average Bonchev–Trinajstić information content (AvgIpc) is 2.46. The number of ether oxygens (including phenoxy) is 1. The molecule has 0 aromatic heterocycles. The Bertz CT molecular complexity index is 696. The summed E-state index contributed by atoms with van der Waals surface area (Å²) in [5, 5.41) is 19.9. The third kappa shape index (κ3) is 3.36. The van der Waals surface area contributed by atoms with Gasteiger partial charge in [-0.1, -0.05) is 24.3 Å². The predicted molar refractivity (Wildman–Crippen MR) is 75.6 cm³/mol. The standard InChI is InChI=1S/C15H13NO5/c1-10-4-2-3-5-12(10)9-21-14-7-6-11(15(17)18)8-13(14)16(19)20/h2-8H,9H2,1H3,(H,17,18). The largest absolute Gasteiger partial charge is 0.482 e. The Balaban J connectivity index is 2.26. The van der Waals surface area contributed by atoms with Crippen LogP contribution in [0.5, 0.6) is 5.75 Å². The molecule has 0 unspecified atom stereocenters. The van der Waals surface area contributed by atoms with Crippen molar-refractivity contribution in [1.29, 1.82) is 0 Å². The number of nitro benzene ring substituents is 1. The van der Waals surface area contributed by atoms with Gasteiger partial charge in [0.2, 0.25) is 0 Å². The quantitative estimate of drug-likeness (QED) is 0.673. The summed E-state index contributed by atoms with van der Waals surface area (Å²) in [7, 11) is 0. The Labute approximate surface area is 120 Å². The number of carboxylic acids is 1. The van der Waals surface area contributed by atoms with E-state index in [-0.39, 0.29) is 23.6 Å². The fourth-order valence-corrected chi connectivity index (χ4v) is 1.84. The minimum Gasteiger partial charge on any atom is -0.482 e. The monoisotopic (exact) mass is 287 g/mol. The summed E-state index contributed by atoms with van der Waals surface area (Å²) in [5.74, 6) is -1.17. The topological polar surface area (TPSA) is 89.7 Å². The van der Waals surface area contributed by atoms with Gasteiger partial charge in [-0.2, -0.15) is 0 Å². The van der Waals surface area contributed by atoms with Gasteiger partial charge in [-0.3, -0.25) is 10.1 Å². The maximum Gasteiger partial charge on any atom is 0.335 e. The van der Waals surface area contributed by atoms with Gasteiger partial charge in [-0.15, -0.1) is 0 Å². The van der Waals surface area contributed by atoms with E-state index < -0.39 is 10.9 Å². The number of rotatable bonds is 5. The number of carboxylic acid groups (broad SMARTS) is 1. The van der Waals surface area contributed by atoms with Crippen LogP contribution in [0.1, 0.15) is 21.5 Å². The molecule has 0 radical (unpaired) electrons. The highest BCUT2D eigenvalue weighted by Crippen LogP contribution is 2.29. The Kier molecular flexibility index (Phi) is 4.18. The zero-order chi connectivity index (χ0) is 15.4. The van der Waals surface area contributed by atoms with E-state index in [1.165, 1.54) is 12.1 Å². The molecular weight excluding hydrogens is 274 g/mol. The van der Waals surface area contributed by atoms with Crippen molar-refractivity contribution in [3.8, 4) is 5.75 Å². The van der Waals surface area contributed by atoms with E-state index in [2.05, 4.69) is 0 Å². The van der Waals surface area contributed by atoms with E-state index in [1.807, 2.05) is 31.2 Å². The molecule has 0 fully saturated rings. The molecule has 0 heterocycles. The molecule has 0 atom stereocenters. The van der Waals surface area contributed by atoms with Gasteiger partial charge >= 0.3 is 11.7 Å². The third-order valence-corrected chi connectivity index (χ3v) is 3.05. The van der Waals surface area contributed by atoms with Crippen molar-refractivity contribution < 1.29 is 19.6 Å². The number of hydrogen-bond donors (Lipinski definition) is 1. The first kappa shape index (κ1) is 14.5. The second kappa shape index (κ2) is 6.04. The lowest BCUT2D eigenvalue weighted by molar-refractivity contribution is -0.386. The number of benzene rings is 2. The molecule has 0 amide bonds. The second-order valence-electron chi connectivity index (χ2n) is 4.46. The summed E-state index contributed by atoms with van der Waals surface area (Å²) in [6, 6.07) is 11.1. The minimum absolute atomic E-state index is 0.0493. The lowest BCUT2D eigenvalue weighted by Gasteiger charge is -2.09. The molecule has 1 N–H and O–H groups in total. The normalized spacial score (nSPS) is 10.1. The molecule has 0 bridgehead atoms. The van der Waals surface area contributed by atoms with Crippen LogP contribution >= 0.6 is 0 Å². The minimum atomic E-state index is -1.22. The van der Waals surface area contributed by atoms with Crippen molar-refractivity contribution in [3.63, 3.8) is 0 Å². The molecule has 6 heteroatoms. The molecule has 21 heavy (non-hydrogen) atoms. The number of nitro groups is 1. The van der Waals surface area contributed by atoms with Crippen LogP contribution in [0, 0.1) is 17.0 Å². The fourth-order valence-electron chi connectivity index (χ4n) is 1.84. The number of aryl methyl sites for hydroxylation is 1. The molecule has 0 aliphatic carbocycles. The van der Waals surface area contributed by atoms with Crippen molar-refractivity contribution in [2.24, 2.45) is 0 Å². The smallest absolute Gasteiger partial charge is 0.335 e. The zero-order valence-corrected chi connectivity index (χ0v) is 11.3. The summed E-state index contributed by atoms with van der Waals surface area (Å²) >= 11 is 0. The summed E-state index contributed by atoms with van der Waals surface area (Å²) in [6.45, 7) is 2.10. The van der Waals surface area contributed by atoms with Crippen LogP contribution < -0.4 is 4.74 Å². The first-order valence-corrected chi connectivity index (χ1v) is 6.18. The molecule has 0 saturated heterocycles. The van der Waals surface area contributed by atoms with Gasteiger partial charge < -0.3 is 9.84 Å². The second-order valence-corrected chi connectivity index (χ2v) is 4.46. The van der Waals surface area contributed by atoms with Gasteiger partial charge in [0.25, 0.3) is 0 Å². The van der Waals surface area contributed by atoms with Gasteiger partial charge in [0, 0.05) is 6.07 Å². The molecule has 2 aromatic rings. The van der Waals surface area contributed by atoms with Crippen LogP contribution in [0.25, 0.3) is 0 Å². The van der Waals surface area contributed by atoms with Crippen molar-refractivity contribution in [1.82, 2.24) is 0 Å². The first-order valence-electron chi connectivity index (χ1n) is 6.18. The fraction of sp³-hybridized carbons (Fsp3) is 0.133. The van der Waals surface area contributed by atoms with Crippen LogP contribution in [0.4, 0.5) is 5.69 Å². The van der Waals surface area contributed by atoms with Gasteiger partial charge in [0.15, 0.2) is 5.75 Å². The van der Waals surface area contributed by atoms with Crippen LogP contribution in [0.3, 0.4) is 0 Å². The maximum absolute atomic E-state index is 11.0. The van der Waals surface area contributed by atoms with Crippen molar-refractivity contribution in [2.75, 3.05) is 0 Å². The summed E-state index contributed by atoms with van der Waals surface area (Å²) in [5.41, 5.74) is 1.42. The van der Waals surface area contributed by atoms with E-state index in [0.29, 0.717) is 0 Å². The molecule has 108 valence electrons. The number of carbonyl (C=O) groups is 1. The highest BCUT2D eigenvalue weighted by Gasteiger charge is 2.18. The third-order valence-electron chi connectivity index (χ3n) is 3.05. The lowest BCUT2D eigenvalue weighted by atomic mass is 10.1. The van der Waals surface area contributed by atoms with E-state index in [1.54, 1.807) is 0 Å². The molecule has 0 spiro atoms. The Morgan fingerprint density at radius 3 is 2.62 bits per heavy atom. The highest BCUT2D eigenvalue weighted by atomic mass is 16.6. The summed E-state index contributed by atoms with van der Waals surface area (Å²) in [4.78, 5) is 21.2.